The van der Waals surface area contributed by atoms with Gasteiger partial charge < -0.3 is 10.1 Å². The van der Waals surface area contributed by atoms with Gasteiger partial charge in [0.05, 0.1) is 18.8 Å². The maximum Gasteiger partial charge on any atom is 0.194 e. The molecule has 0 saturated heterocycles. The van der Waals surface area contributed by atoms with Gasteiger partial charge in [0.25, 0.3) is 0 Å². The Bertz CT molecular complexity index is 387. The maximum atomic E-state index is 13.2. The lowest BCUT2D eigenvalue weighted by Crippen LogP contribution is -2.28. The number of halogens is 3. The highest BCUT2D eigenvalue weighted by molar-refractivity contribution is 5.22. The highest BCUT2D eigenvalue weighted by atomic mass is 19.2. The molecule has 1 N–H and O–H groups in total. The first-order valence-corrected chi connectivity index (χ1v) is 6.45. The van der Waals surface area contributed by atoms with Crippen LogP contribution in [0.2, 0.25) is 0 Å². The van der Waals surface area contributed by atoms with Gasteiger partial charge in [0.15, 0.2) is 17.5 Å². The maximum absolute atomic E-state index is 13.2. The van der Waals surface area contributed by atoms with E-state index in [4.69, 9.17) is 4.74 Å². The molecule has 1 aromatic carbocycles. The van der Waals surface area contributed by atoms with E-state index in [0.717, 1.165) is 18.6 Å². The van der Waals surface area contributed by atoms with E-state index < -0.39 is 17.5 Å². The van der Waals surface area contributed by atoms with E-state index in [1.54, 1.807) is 0 Å². The van der Waals surface area contributed by atoms with Crippen LogP contribution in [-0.4, -0.2) is 19.3 Å². The molecule has 0 fully saturated rings. The van der Waals surface area contributed by atoms with E-state index >= 15 is 0 Å². The highest BCUT2D eigenvalue weighted by Crippen LogP contribution is 2.20. The summed E-state index contributed by atoms with van der Waals surface area (Å²) in [6.45, 7) is 6.71. The number of hydrogen-bond donors (Lipinski definition) is 1. The molecular weight excluding hydrogens is 255 g/mol. The first-order valence-electron chi connectivity index (χ1n) is 6.45. The molecule has 0 aliphatic rings. The Labute approximate surface area is 112 Å². The molecule has 19 heavy (non-hydrogen) atoms. The number of hydrogen-bond acceptors (Lipinski definition) is 2. The van der Waals surface area contributed by atoms with Gasteiger partial charge in [-0.2, -0.15) is 0 Å². The van der Waals surface area contributed by atoms with Gasteiger partial charge in [-0.05, 0) is 44.5 Å². The van der Waals surface area contributed by atoms with Crippen molar-refractivity contribution < 1.29 is 17.9 Å². The number of rotatable bonds is 7. The fourth-order valence-electron chi connectivity index (χ4n) is 1.66. The minimum atomic E-state index is -1.44. The Hall–Kier alpha value is -1.07. The van der Waals surface area contributed by atoms with Crippen molar-refractivity contribution in [3.63, 3.8) is 0 Å². The molecule has 0 bridgehead atoms. The van der Waals surface area contributed by atoms with Crippen molar-refractivity contribution in [3.8, 4) is 0 Å². The average Bonchev–Trinajstić information content (AvgIpc) is 2.35. The van der Waals surface area contributed by atoms with Crippen molar-refractivity contribution in [1.29, 1.82) is 0 Å². The van der Waals surface area contributed by atoms with Gasteiger partial charge in [-0.1, -0.05) is 6.92 Å². The SMILES string of the molecule is CCCNC(COC(C)C)c1cc(F)c(F)c(F)c1. The monoisotopic (exact) mass is 275 g/mol. The van der Waals surface area contributed by atoms with Crippen LogP contribution in [0.3, 0.4) is 0 Å². The normalized spacial score (nSPS) is 13.0. The lowest BCUT2D eigenvalue weighted by Gasteiger charge is -2.20. The van der Waals surface area contributed by atoms with Gasteiger partial charge in [0, 0.05) is 0 Å². The van der Waals surface area contributed by atoms with E-state index in [9.17, 15) is 13.2 Å². The van der Waals surface area contributed by atoms with Crippen LogP contribution >= 0.6 is 0 Å². The minimum absolute atomic E-state index is 0.0149. The highest BCUT2D eigenvalue weighted by Gasteiger charge is 2.17. The topological polar surface area (TPSA) is 21.3 Å². The molecule has 1 unspecified atom stereocenters. The Morgan fingerprint density at radius 2 is 1.74 bits per heavy atom. The van der Waals surface area contributed by atoms with Crippen molar-refractivity contribution in [2.24, 2.45) is 0 Å². The first-order chi connectivity index (χ1) is 8.95. The summed E-state index contributed by atoms with van der Waals surface area (Å²) in [6, 6.07) is 1.66. The second kappa shape index (κ2) is 7.50. The molecular formula is C14H20F3NO. The van der Waals surface area contributed by atoms with Crippen LogP contribution in [0.25, 0.3) is 0 Å². The summed E-state index contributed by atoms with van der Waals surface area (Å²) >= 11 is 0. The molecule has 1 rings (SSSR count). The Kier molecular flexibility index (Phi) is 6.31. The fourth-order valence-corrected chi connectivity index (χ4v) is 1.66. The van der Waals surface area contributed by atoms with E-state index in [-0.39, 0.29) is 18.8 Å². The molecule has 0 aliphatic heterocycles. The molecule has 1 atom stereocenters. The van der Waals surface area contributed by atoms with Crippen LogP contribution in [0.4, 0.5) is 13.2 Å². The van der Waals surface area contributed by atoms with Crippen LogP contribution in [0, 0.1) is 17.5 Å². The summed E-state index contributed by atoms with van der Waals surface area (Å²) < 4.78 is 44.9. The zero-order valence-corrected chi connectivity index (χ0v) is 11.5. The largest absolute Gasteiger partial charge is 0.377 e. The summed E-state index contributed by atoms with van der Waals surface area (Å²) in [5.41, 5.74) is 0.352. The molecule has 0 radical (unpaired) electrons. The quantitative estimate of drug-likeness (QED) is 0.768. The number of benzene rings is 1. The molecule has 0 amide bonds. The van der Waals surface area contributed by atoms with Crippen molar-refractivity contribution >= 4 is 0 Å². The molecule has 0 heterocycles. The smallest absolute Gasteiger partial charge is 0.194 e. The third kappa shape index (κ3) is 4.84. The van der Waals surface area contributed by atoms with Crippen LogP contribution in [0.5, 0.6) is 0 Å². The van der Waals surface area contributed by atoms with Crippen LogP contribution in [0.1, 0.15) is 38.8 Å². The third-order valence-corrected chi connectivity index (χ3v) is 2.65. The number of ether oxygens (including phenoxy) is 1. The fraction of sp³-hybridized carbons (Fsp3) is 0.571. The van der Waals surface area contributed by atoms with Gasteiger partial charge in [0.1, 0.15) is 0 Å². The Balaban J connectivity index is 2.89. The zero-order valence-electron chi connectivity index (χ0n) is 11.5. The summed E-state index contributed by atoms with van der Waals surface area (Å²) in [5.74, 6) is -3.80. The van der Waals surface area contributed by atoms with Gasteiger partial charge in [0.2, 0.25) is 0 Å². The summed E-state index contributed by atoms with van der Waals surface area (Å²) in [7, 11) is 0. The summed E-state index contributed by atoms with van der Waals surface area (Å²) in [6.07, 6.45) is 0.894. The molecule has 1 aromatic rings. The molecule has 5 heteroatoms. The zero-order chi connectivity index (χ0) is 14.4. The second-order valence-electron chi connectivity index (χ2n) is 4.69. The van der Waals surface area contributed by atoms with Crippen molar-refractivity contribution in [1.82, 2.24) is 5.32 Å². The summed E-state index contributed by atoms with van der Waals surface area (Å²) in [4.78, 5) is 0. The lowest BCUT2D eigenvalue weighted by atomic mass is 10.1. The van der Waals surface area contributed by atoms with E-state index in [2.05, 4.69) is 5.32 Å². The molecule has 0 saturated carbocycles. The second-order valence-corrected chi connectivity index (χ2v) is 4.69. The average molecular weight is 275 g/mol. The van der Waals surface area contributed by atoms with Crippen LogP contribution in [-0.2, 0) is 4.74 Å². The molecule has 2 nitrogen and oxygen atoms in total. The Morgan fingerprint density at radius 1 is 1.16 bits per heavy atom. The Morgan fingerprint density at radius 3 is 2.21 bits per heavy atom. The van der Waals surface area contributed by atoms with Gasteiger partial charge in [-0.15, -0.1) is 0 Å². The van der Waals surface area contributed by atoms with Gasteiger partial charge in [-0.25, -0.2) is 13.2 Å². The van der Waals surface area contributed by atoms with Crippen LogP contribution < -0.4 is 5.32 Å². The lowest BCUT2D eigenvalue weighted by molar-refractivity contribution is 0.0610. The number of nitrogens with one attached hydrogen (secondary N) is 1. The van der Waals surface area contributed by atoms with E-state index in [1.165, 1.54) is 0 Å². The van der Waals surface area contributed by atoms with Crippen molar-refractivity contribution in [2.45, 2.75) is 39.3 Å². The van der Waals surface area contributed by atoms with E-state index in [1.807, 2.05) is 20.8 Å². The summed E-state index contributed by atoms with van der Waals surface area (Å²) in [5, 5.41) is 3.13. The van der Waals surface area contributed by atoms with Crippen LogP contribution in [0.15, 0.2) is 12.1 Å². The third-order valence-electron chi connectivity index (χ3n) is 2.65. The van der Waals surface area contributed by atoms with E-state index in [0.29, 0.717) is 12.1 Å². The first kappa shape index (κ1) is 16.0. The predicted octanol–water partition coefficient (Wildman–Crippen LogP) is 3.57. The minimum Gasteiger partial charge on any atom is -0.377 e. The van der Waals surface area contributed by atoms with Crippen molar-refractivity contribution in [2.75, 3.05) is 13.2 Å². The van der Waals surface area contributed by atoms with Gasteiger partial charge in [-0.3, -0.25) is 0 Å². The standard InChI is InChI=1S/C14H20F3NO/c1-4-5-18-13(8-19-9(2)3)10-6-11(15)14(17)12(16)7-10/h6-7,9,13,18H,4-5,8H2,1-3H3. The molecule has 0 aliphatic carbocycles. The predicted molar refractivity (Wildman–Crippen MR) is 68.4 cm³/mol. The van der Waals surface area contributed by atoms with Crippen molar-refractivity contribution in [3.05, 3.63) is 35.1 Å². The van der Waals surface area contributed by atoms with Gasteiger partial charge >= 0.3 is 0 Å². The molecule has 0 spiro atoms. The molecule has 0 aromatic heterocycles. The molecule has 108 valence electrons.